The lowest BCUT2D eigenvalue weighted by atomic mass is 10.1. The molecular weight excluding hydrogens is 286 g/mol. The van der Waals surface area contributed by atoms with E-state index in [0.717, 1.165) is 13.0 Å². The lowest BCUT2D eigenvalue weighted by molar-refractivity contribution is -0.384. The molecule has 0 N–H and O–H groups in total. The van der Waals surface area contributed by atoms with Crippen LogP contribution in [-0.2, 0) is 0 Å². The molecule has 0 radical (unpaired) electrons. The standard InChI is InChI=1S/C11H16BrN3O2/c1-4-8(2)7-14(3)11-10(15(16)17)5-9(12)6-13-11/h5-6,8H,4,7H2,1-3H3. The van der Waals surface area contributed by atoms with Crippen LogP contribution in [0.25, 0.3) is 0 Å². The zero-order chi connectivity index (χ0) is 13.0. The van der Waals surface area contributed by atoms with Crippen molar-refractivity contribution in [3.63, 3.8) is 0 Å². The molecule has 0 amide bonds. The smallest absolute Gasteiger partial charge is 0.312 e. The highest BCUT2D eigenvalue weighted by Crippen LogP contribution is 2.28. The maximum atomic E-state index is 11.0. The monoisotopic (exact) mass is 301 g/mol. The summed E-state index contributed by atoms with van der Waals surface area (Å²) < 4.78 is 0.616. The minimum absolute atomic E-state index is 0.0326. The van der Waals surface area contributed by atoms with Crippen LogP contribution in [0.3, 0.4) is 0 Å². The summed E-state index contributed by atoms with van der Waals surface area (Å²) >= 11 is 3.19. The first-order valence-electron chi connectivity index (χ1n) is 5.46. The second kappa shape index (κ2) is 5.95. The topological polar surface area (TPSA) is 59.3 Å². The van der Waals surface area contributed by atoms with Crippen molar-refractivity contribution in [2.24, 2.45) is 5.92 Å². The fraction of sp³-hybridized carbons (Fsp3) is 0.545. The lowest BCUT2D eigenvalue weighted by Crippen LogP contribution is -2.25. The van der Waals surface area contributed by atoms with Gasteiger partial charge in [-0.1, -0.05) is 20.3 Å². The van der Waals surface area contributed by atoms with E-state index < -0.39 is 4.92 Å². The Balaban J connectivity index is 3.00. The SMILES string of the molecule is CCC(C)CN(C)c1ncc(Br)cc1[N+](=O)[O-]. The Hall–Kier alpha value is -1.17. The average Bonchev–Trinajstić information content (AvgIpc) is 2.28. The second-order valence-electron chi connectivity index (χ2n) is 4.15. The van der Waals surface area contributed by atoms with Gasteiger partial charge in [0, 0.05) is 30.3 Å². The number of anilines is 1. The summed E-state index contributed by atoms with van der Waals surface area (Å²) in [7, 11) is 1.83. The summed E-state index contributed by atoms with van der Waals surface area (Å²) in [4.78, 5) is 16.5. The summed E-state index contributed by atoms with van der Waals surface area (Å²) in [6, 6.07) is 1.48. The Bertz CT molecular complexity index is 412. The molecule has 0 saturated heterocycles. The number of halogens is 1. The van der Waals surface area contributed by atoms with Crippen molar-refractivity contribution in [3.8, 4) is 0 Å². The summed E-state index contributed by atoms with van der Waals surface area (Å²) in [6.07, 6.45) is 2.62. The quantitative estimate of drug-likeness (QED) is 0.619. The van der Waals surface area contributed by atoms with Gasteiger partial charge in [0.1, 0.15) is 0 Å². The zero-order valence-corrected chi connectivity index (χ0v) is 11.8. The van der Waals surface area contributed by atoms with Gasteiger partial charge in [-0.25, -0.2) is 4.98 Å². The molecule has 6 heteroatoms. The number of nitrogens with zero attached hydrogens (tertiary/aromatic N) is 3. The Morgan fingerprint density at radius 3 is 2.82 bits per heavy atom. The van der Waals surface area contributed by atoms with Gasteiger partial charge >= 0.3 is 5.69 Å². The fourth-order valence-corrected chi connectivity index (χ4v) is 1.85. The Morgan fingerprint density at radius 1 is 1.65 bits per heavy atom. The highest BCUT2D eigenvalue weighted by Gasteiger charge is 2.20. The van der Waals surface area contributed by atoms with E-state index in [1.807, 2.05) is 11.9 Å². The molecule has 17 heavy (non-hydrogen) atoms. The van der Waals surface area contributed by atoms with Crippen LogP contribution >= 0.6 is 15.9 Å². The van der Waals surface area contributed by atoms with E-state index in [1.165, 1.54) is 6.07 Å². The normalized spacial score (nSPS) is 12.2. The summed E-state index contributed by atoms with van der Waals surface area (Å²) in [5.41, 5.74) is 0.0326. The number of nitro groups is 1. The molecule has 94 valence electrons. The minimum atomic E-state index is -0.403. The molecule has 0 fully saturated rings. The van der Waals surface area contributed by atoms with Crippen LogP contribution in [0.4, 0.5) is 11.5 Å². The first kappa shape index (κ1) is 13.9. The highest BCUT2D eigenvalue weighted by atomic mass is 79.9. The number of hydrogen-bond acceptors (Lipinski definition) is 4. The molecule has 0 bridgehead atoms. The van der Waals surface area contributed by atoms with Gasteiger partial charge in [0.25, 0.3) is 0 Å². The summed E-state index contributed by atoms with van der Waals surface area (Å²) in [5.74, 6) is 0.892. The Labute approximate surface area is 109 Å². The maximum absolute atomic E-state index is 11.0. The summed E-state index contributed by atoms with van der Waals surface area (Å²) in [6.45, 7) is 4.97. The number of hydrogen-bond donors (Lipinski definition) is 0. The van der Waals surface area contributed by atoms with Gasteiger partial charge in [0.15, 0.2) is 0 Å². The largest absolute Gasteiger partial charge is 0.354 e. The molecule has 1 aromatic rings. The second-order valence-corrected chi connectivity index (χ2v) is 5.06. The van der Waals surface area contributed by atoms with Crippen molar-refractivity contribution in [1.29, 1.82) is 0 Å². The molecule has 0 spiro atoms. The van der Waals surface area contributed by atoms with E-state index >= 15 is 0 Å². The molecule has 0 saturated carbocycles. The van der Waals surface area contributed by atoms with Gasteiger partial charge in [-0.15, -0.1) is 0 Å². The van der Waals surface area contributed by atoms with Crippen molar-refractivity contribution in [1.82, 2.24) is 4.98 Å². The van der Waals surface area contributed by atoms with Crippen molar-refractivity contribution >= 4 is 27.4 Å². The van der Waals surface area contributed by atoms with Gasteiger partial charge in [0.05, 0.1) is 4.92 Å². The van der Waals surface area contributed by atoms with Crippen molar-refractivity contribution in [2.75, 3.05) is 18.5 Å². The third kappa shape index (κ3) is 3.66. The first-order chi connectivity index (χ1) is 7.95. The van der Waals surface area contributed by atoms with Gasteiger partial charge in [-0.3, -0.25) is 10.1 Å². The number of pyridine rings is 1. The fourth-order valence-electron chi connectivity index (χ4n) is 1.53. The highest BCUT2D eigenvalue weighted by molar-refractivity contribution is 9.10. The molecule has 1 unspecified atom stereocenters. The van der Waals surface area contributed by atoms with Crippen molar-refractivity contribution < 1.29 is 4.92 Å². The van der Waals surface area contributed by atoms with Crippen LogP contribution in [-0.4, -0.2) is 23.5 Å². The Morgan fingerprint density at radius 2 is 2.29 bits per heavy atom. The number of rotatable bonds is 5. The molecule has 0 aliphatic heterocycles. The first-order valence-corrected chi connectivity index (χ1v) is 6.26. The van der Waals surface area contributed by atoms with Gasteiger partial charge < -0.3 is 4.90 Å². The number of aromatic nitrogens is 1. The van der Waals surface area contributed by atoms with Crippen LogP contribution in [0.15, 0.2) is 16.7 Å². The van der Waals surface area contributed by atoms with Gasteiger partial charge in [-0.2, -0.15) is 0 Å². The molecular formula is C11H16BrN3O2. The van der Waals surface area contributed by atoms with Gasteiger partial charge in [-0.05, 0) is 21.8 Å². The van der Waals surface area contributed by atoms with Crippen LogP contribution in [0.2, 0.25) is 0 Å². The lowest BCUT2D eigenvalue weighted by Gasteiger charge is -2.21. The van der Waals surface area contributed by atoms with Crippen molar-refractivity contribution in [3.05, 3.63) is 26.9 Å². The summed E-state index contributed by atoms with van der Waals surface area (Å²) in [5, 5.41) is 11.0. The predicted octanol–water partition coefficient (Wildman–Crippen LogP) is 3.23. The van der Waals surface area contributed by atoms with E-state index in [0.29, 0.717) is 16.2 Å². The maximum Gasteiger partial charge on any atom is 0.312 e. The zero-order valence-electron chi connectivity index (χ0n) is 10.2. The van der Waals surface area contributed by atoms with Gasteiger partial charge in [0.2, 0.25) is 5.82 Å². The van der Waals surface area contributed by atoms with E-state index in [2.05, 4.69) is 34.8 Å². The van der Waals surface area contributed by atoms with Crippen molar-refractivity contribution in [2.45, 2.75) is 20.3 Å². The van der Waals surface area contributed by atoms with Crippen LogP contribution < -0.4 is 4.90 Å². The third-order valence-corrected chi connectivity index (χ3v) is 3.09. The van der Waals surface area contributed by atoms with E-state index in [-0.39, 0.29) is 5.69 Å². The predicted molar refractivity (Wildman–Crippen MR) is 71.3 cm³/mol. The third-order valence-electron chi connectivity index (χ3n) is 2.65. The average molecular weight is 302 g/mol. The molecule has 1 atom stereocenters. The molecule has 0 aliphatic rings. The van der Waals surface area contributed by atoms with Crippen LogP contribution in [0.1, 0.15) is 20.3 Å². The molecule has 1 rings (SSSR count). The molecule has 0 aromatic carbocycles. The molecule has 1 heterocycles. The minimum Gasteiger partial charge on any atom is -0.354 e. The molecule has 1 aromatic heterocycles. The van der Waals surface area contributed by atoms with E-state index in [9.17, 15) is 10.1 Å². The molecule has 0 aliphatic carbocycles. The Kier molecular flexibility index (Phi) is 4.86. The molecule has 5 nitrogen and oxygen atoms in total. The van der Waals surface area contributed by atoms with Crippen LogP contribution in [0.5, 0.6) is 0 Å². The van der Waals surface area contributed by atoms with E-state index in [1.54, 1.807) is 6.20 Å². The van der Waals surface area contributed by atoms with Crippen LogP contribution in [0, 0.1) is 16.0 Å². The van der Waals surface area contributed by atoms with E-state index in [4.69, 9.17) is 0 Å².